The van der Waals surface area contributed by atoms with E-state index in [0.29, 0.717) is 45.0 Å². The number of anilines is 3. The lowest BCUT2D eigenvalue weighted by atomic mass is 10.0. The summed E-state index contributed by atoms with van der Waals surface area (Å²) in [7, 11) is 2.99. The van der Waals surface area contributed by atoms with E-state index in [1.165, 1.54) is 20.4 Å². The van der Waals surface area contributed by atoms with Crippen molar-refractivity contribution in [2.24, 2.45) is 5.73 Å². The van der Waals surface area contributed by atoms with Crippen LogP contribution in [-0.2, 0) is 4.74 Å². The SMILES string of the molecule is CCOC(=O)c1cccc(Nc2c(NC(N)=O)cnc3cc(-c4cnc(OC)nc4OC)ccc23)c1. The predicted octanol–water partition coefficient (Wildman–Crippen LogP) is 4.12. The molecule has 4 rings (SSSR count). The number of pyridine rings is 1. The summed E-state index contributed by atoms with van der Waals surface area (Å²) in [6, 6.07) is 11.8. The molecule has 2 heterocycles. The van der Waals surface area contributed by atoms with E-state index in [4.69, 9.17) is 19.9 Å². The lowest BCUT2D eigenvalue weighted by molar-refractivity contribution is 0.0526. The number of hydrogen-bond acceptors (Lipinski definition) is 9. The zero-order chi connectivity index (χ0) is 25.7. The van der Waals surface area contributed by atoms with Crippen LogP contribution >= 0.6 is 0 Å². The third-order valence-corrected chi connectivity index (χ3v) is 5.19. The maximum absolute atomic E-state index is 12.2. The van der Waals surface area contributed by atoms with Gasteiger partial charge in [0.15, 0.2) is 0 Å². The quantitative estimate of drug-likeness (QED) is 0.311. The van der Waals surface area contributed by atoms with Gasteiger partial charge in [-0.25, -0.2) is 14.6 Å². The first-order valence-electron chi connectivity index (χ1n) is 10.9. The van der Waals surface area contributed by atoms with E-state index in [1.54, 1.807) is 37.4 Å². The minimum Gasteiger partial charge on any atom is -0.480 e. The summed E-state index contributed by atoms with van der Waals surface area (Å²) in [5.41, 5.74) is 9.32. The number of ether oxygens (including phenoxy) is 3. The number of rotatable bonds is 8. The molecule has 2 amide bonds. The van der Waals surface area contributed by atoms with Crippen LogP contribution in [0, 0.1) is 0 Å². The van der Waals surface area contributed by atoms with Crippen LogP contribution in [0.25, 0.3) is 22.0 Å². The molecular formula is C25H24N6O5. The number of esters is 1. The van der Waals surface area contributed by atoms with Gasteiger partial charge in [-0.15, -0.1) is 0 Å². The number of hydrogen-bond donors (Lipinski definition) is 3. The van der Waals surface area contributed by atoms with Crippen molar-refractivity contribution in [2.45, 2.75) is 6.92 Å². The Morgan fingerprint density at radius 3 is 2.58 bits per heavy atom. The second-order valence-electron chi connectivity index (χ2n) is 7.47. The van der Waals surface area contributed by atoms with Gasteiger partial charge in [-0.2, -0.15) is 4.98 Å². The first-order valence-corrected chi connectivity index (χ1v) is 10.9. The summed E-state index contributed by atoms with van der Waals surface area (Å²) >= 11 is 0. The predicted molar refractivity (Wildman–Crippen MR) is 135 cm³/mol. The van der Waals surface area contributed by atoms with Crippen LogP contribution in [0.4, 0.5) is 21.9 Å². The van der Waals surface area contributed by atoms with Crippen LogP contribution in [-0.4, -0.2) is 47.8 Å². The molecule has 0 aliphatic heterocycles. The summed E-state index contributed by atoms with van der Waals surface area (Å²) in [5, 5.41) is 6.55. The number of urea groups is 1. The van der Waals surface area contributed by atoms with E-state index in [0.717, 1.165) is 5.56 Å². The highest BCUT2D eigenvalue weighted by Crippen LogP contribution is 2.36. The molecule has 36 heavy (non-hydrogen) atoms. The van der Waals surface area contributed by atoms with Crippen LogP contribution in [0.2, 0.25) is 0 Å². The molecule has 11 heteroatoms. The fourth-order valence-electron chi connectivity index (χ4n) is 3.61. The molecule has 0 aliphatic carbocycles. The van der Waals surface area contributed by atoms with Crippen LogP contribution in [0.3, 0.4) is 0 Å². The summed E-state index contributed by atoms with van der Waals surface area (Å²) in [6.45, 7) is 2.01. The van der Waals surface area contributed by atoms with E-state index >= 15 is 0 Å². The summed E-state index contributed by atoms with van der Waals surface area (Å²) in [6.07, 6.45) is 3.10. The van der Waals surface area contributed by atoms with E-state index in [-0.39, 0.29) is 12.6 Å². The standard InChI is InChI=1S/C25H24N6O5/c1-4-36-23(32)15-6-5-7-16(10-15)29-21-17-9-8-14(11-19(17)27-13-20(21)30-24(26)33)18-12-28-25(35-3)31-22(18)34-2/h5-13H,4H2,1-3H3,(H,27,29)(H3,26,30,33). The lowest BCUT2D eigenvalue weighted by Crippen LogP contribution is -2.20. The van der Waals surface area contributed by atoms with Crippen molar-refractivity contribution in [1.82, 2.24) is 15.0 Å². The van der Waals surface area contributed by atoms with E-state index in [1.807, 2.05) is 18.2 Å². The van der Waals surface area contributed by atoms with E-state index in [2.05, 4.69) is 25.6 Å². The van der Waals surface area contributed by atoms with Crippen molar-refractivity contribution in [3.63, 3.8) is 0 Å². The molecule has 0 atom stereocenters. The van der Waals surface area contributed by atoms with Gasteiger partial charge >= 0.3 is 18.0 Å². The van der Waals surface area contributed by atoms with Gasteiger partial charge in [0.1, 0.15) is 0 Å². The van der Waals surface area contributed by atoms with Crippen molar-refractivity contribution in [3.8, 4) is 23.0 Å². The zero-order valence-electron chi connectivity index (χ0n) is 19.9. The van der Waals surface area contributed by atoms with Gasteiger partial charge in [0.25, 0.3) is 0 Å². The zero-order valence-corrected chi connectivity index (χ0v) is 19.9. The Bertz CT molecular complexity index is 1440. The van der Waals surface area contributed by atoms with Gasteiger partial charge in [0.2, 0.25) is 5.88 Å². The molecule has 0 aliphatic rings. The van der Waals surface area contributed by atoms with Gasteiger partial charge in [-0.05, 0) is 36.8 Å². The summed E-state index contributed by atoms with van der Waals surface area (Å²) in [4.78, 5) is 36.7. The monoisotopic (exact) mass is 488 g/mol. The molecule has 0 unspecified atom stereocenters. The van der Waals surface area contributed by atoms with Gasteiger partial charge in [-0.1, -0.05) is 18.2 Å². The molecule has 4 N–H and O–H groups in total. The highest BCUT2D eigenvalue weighted by Gasteiger charge is 2.16. The number of aromatic nitrogens is 3. The lowest BCUT2D eigenvalue weighted by Gasteiger charge is -2.16. The summed E-state index contributed by atoms with van der Waals surface area (Å²) in [5.74, 6) is -0.0844. The Morgan fingerprint density at radius 1 is 1.03 bits per heavy atom. The normalized spacial score (nSPS) is 10.5. The Morgan fingerprint density at radius 2 is 1.86 bits per heavy atom. The van der Waals surface area contributed by atoms with Crippen molar-refractivity contribution in [1.29, 1.82) is 0 Å². The number of carbonyl (C=O) groups excluding carboxylic acids is 2. The molecular weight excluding hydrogens is 464 g/mol. The number of nitrogens with two attached hydrogens (primary N) is 1. The maximum atomic E-state index is 12.2. The molecule has 184 valence electrons. The smallest absolute Gasteiger partial charge is 0.338 e. The Labute approximate surface area is 206 Å². The van der Waals surface area contributed by atoms with Crippen molar-refractivity contribution >= 4 is 40.0 Å². The third kappa shape index (κ3) is 5.09. The fraction of sp³-hybridized carbons (Fsp3) is 0.160. The molecule has 11 nitrogen and oxygen atoms in total. The van der Waals surface area contributed by atoms with E-state index in [9.17, 15) is 9.59 Å². The number of nitrogens with zero attached hydrogens (tertiary/aromatic N) is 3. The highest BCUT2D eigenvalue weighted by molar-refractivity contribution is 6.04. The number of fused-ring (bicyclic) bond motifs is 1. The van der Waals surface area contributed by atoms with Gasteiger partial charge in [0, 0.05) is 17.3 Å². The van der Waals surface area contributed by atoms with Crippen LogP contribution in [0.15, 0.2) is 54.9 Å². The van der Waals surface area contributed by atoms with Crippen LogP contribution in [0.5, 0.6) is 11.9 Å². The second kappa shape index (κ2) is 10.6. The molecule has 0 radical (unpaired) electrons. The number of nitrogens with one attached hydrogen (secondary N) is 2. The molecule has 0 saturated heterocycles. The number of amides is 2. The topological polar surface area (TPSA) is 151 Å². The number of benzene rings is 2. The van der Waals surface area contributed by atoms with Gasteiger partial charge in [-0.3, -0.25) is 4.98 Å². The average molecular weight is 489 g/mol. The second-order valence-corrected chi connectivity index (χ2v) is 7.47. The Balaban J connectivity index is 1.79. The molecule has 0 fully saturated rings. The maximum Gasteiger partial charge on any atom is 0.338 e. The number of carbonyl (C=O) groups is 2. The average Bonchev–Trinajstić information content (AvgIpc) is 2.89. The van der Waals surface area contributed by atoms with E-state index < -0.39 is 12.0 Å². The van der Waals surface area contributed by atoms with Crippen LogP contribution in [0.1, 0.15) is 17.3 Å². The van der Waals surface area contributed by atoms with Crippen molar-refractivity contribution in [3.05, 3.63) is 60.4 Å². The molecule has 0 saturated carbocycles. The molecule has 0 bridgehead atoms. The highest BCUT2D eigenvalue weighted by atomic mass is 16.5. The fourth-order valence-corrected chi connectivity index (χ4v) is 3.61. The van der Waals surface area contributed by atoms with Gasteiger partial charge < -0.3 is 30.6 Å². The Hall–Kier alpha value is -4.93. The Kier molecular flexibility index (Phi) is 7.10. The minimum atomic E-state index is -0.740. The molecule has 4 aromatic rings. The summed E-state index contributed by atoms with van der Waals surface area (Å²) < 4.78 is 15.6. The van der Waals surface area contributed by atoms with Gasteiger partial charge in [0.05, 0.1) is 55.0 Å². The first kappa shape index (κ1) is 24.2. The number of primary amides is 1. The van der Waals surface area contributed by atoms with Crippen molar-refractivity contribution < 1.29 is 23.8 Å². The molecule has 0 spiro atoms. The molecule has 2 aromatic carbocycles. The van der Waals surface area contributed by atoms with Crippen molar-refractivity contribution in [2.75, 3.05) is 31.5 Å². The largest absolute Gasteiger partial charge is 0.480 e. The molecule has 2 aromatic heterocycles. The van der Waals surface area contributed by atoms with Crippen LogP contribution < -0.4 is 25.8 Å². The number of methoxy groups -OCH3 is 2. The minimum absolute atomic E-state index is 0.188. The third-order valence-electron chi connectivity index (χ3n) is 5.19. The first-order chi connectivity index (χ1) is 17.4.